The van der Waals surface area contributed by atoms with Gasteiger partial charge in [-0.05, 0) is 0 Å². The highest BCUT2D eigenvalue weighted by molar-refractivity contribution is 5.88. The maximum absolute atomic E-state index is 14.3. The molecule has 0 aromatic heterocycles. The average molecular weight is 1920 g/mol. The van der Waals surface area contributed by atoms with Crippen LogP contribution in [-0.2, 0) is 91.0 Å². The topological polar surface area (TPSA) is 731 Å². The summed E-state index contributed by atoms with van der Waals surface area (Å²) in [7, 11) is 0. The number of ether oxygens (including phenoxy) is 1. The molecule has 0 aromatic rings. The minimum atomic E-state index is -1.82. The maximum atomic E-state index is 14.3. The number of carboxylic acids is 11. The largest absolute Gasteiger partial charge is 0.480 e. The van der Waals surface area contributed by atoms with Gasteiger partial charge in [0.1, 0.15) is 12.3 Å². The number of rotatable bonds is 49. The van der Waals surface area contributed by atoms with E-state index in [9.17, 15) is 153 Å². The van der Waals surface area contributed by atoms with Crippen LogP contribution in [0.25, 0.3) is 0 Å². The van der Waals surface area contributed by atoms with E-state index in [-0.39, 0.29) is 236 Å². The second kappa shape index (κ2) is 61.6. The molecule has 0 saturated carbocycles. The van der Waals surface area contributed by atoms with E-state index in [2.05, 4.69) is 42.5 Å². The number of epoxide rings is 1. The highest BCUT2D eigenvalue weighted by Crippen LogP contribution is 2.20. The normalized spacial score (nSPS) is 20.3. The lowest BCUT2D eigenvalue weighted by atomic mass is 9.86. The van der Waals surface area contributed by atoms with Gasteiger partial charge in [-0.1, -0.05) is 0 Å². The van der Waals surface area contributed by atoms with E-state index < -0.39 is 262 Å². The van der Waals surface area contributed by atoms with Crippen molar-refractivity contribution in [2.24, 2.45) is 5.41 Å². The molecule has 5 fully saturated rings. The molecule has 0 spiro atoms. The van der Waals surface area contributed by atoms with Crippen LogP contribution >= 0.6 is 0 Å². The van der Waals surface area contributed by atoms with Crippen molar-refractivity contribution in [3.8, 4) is 0 Å². The molecule has 0 radical (unpaired) electrons. The third kappa shape index (κ3) is 52.5. The van der Waals surface area contributed by atoms with Gasteiger partial charge < -0.3 is 108 Å². The minimum Gasteiger partial charge on any atom is -0.480 e. The van der Waals surface area contributed by atoms with E-state index >= 15 is 0 Å². The first kappa shape index (κ1) is 114. The van der Waals surface area contributed by atoms with Gasteiger partial charge in [-0.3, -0.25) is 170 Å². The molecule has 760 valence electrons. The smallest absolute Gasteiger partial charge is 0.317 e. The number of carbonyl (C=O) groups excluding carboxylic acids is 7. The van der Waals surface area contributed by atoms with E-state index in [1.165, 1.54) is 29.4 Å². The van der Waals surface area contributed by atoms with E-state index in [1.54, 1.807) is 44.1 Å². The number of β-amino-alcohol motifs (C(OH)–C–C–N with tert-alkyl or cyclic N) is 1. The number of carbonyl (C=O) groups is 18. The highest BCUT2D eigenvalue weighted by atomic mass is 16.7. The summed E-state index contributed by atoms with van der Waals surface area (Å²) in [5, 5.41) is 150. The first-order valence-electron chi connectivity index (χ1n) is 44.1. The summed E-state index contributed by atoms with van der Waals surface area (Å²) < 4.78 is 5.27. The van der Waals surface area contributed by atoms with E-state index in [0.717, 1.165) is 0 Å². The summed E-state index contributed by atoms with van der Waals surface area (Å²) >= 11 is 0. The predicted octanol–water partition coefficient (Wildman–Crippen LogP) is -15.8. The van der Waals surface area contributed by atoms with Gasteiger partial charge in [-0.15, -0.1) is 0 Å². The van der Waals surface area contributed by atoms with E-state index in [0.29, 0.717) is 0 Å². The molecule has 5 aliphatic heterocycles. The molecule has 0 aliphatic carbocycles. The molecule has 0 aromatic carbocycles. The molecule has 5 aliphatic rings. The number of hydrogen-bond acceptors (Lipinski definition) is 38. The molecule has 7 amide bonds. The Bertz CT molecular complexity index is 3620. The first-order valence-corrected chi connectivity index (χ1v) is 44.1. The minimum absolute atomic E-state index is 0.0125. The van der Waals surface area contributed by atoms with Gasteiger partial charge in [0.05, 0.1) is 118 Å². The predicted molar refractivity (Wildman–Crippen MR) is 465 cm³/mol. The molecule has 5 saturated heterocycles. The molecule has 21 N–H and O–H groups in total. The Labute approximate surface area is 773 Å². The van der Waals surface area contributed by atoms with Crippen molar-refractivity contribution in [2.75, 3.05) is 367 Å². The fourth-order valence-corrected chi connectivity index (χ4v) is 15.1. The molecule has 3 atom stereocenters. The lowest BCUT2D eigenvalue weighted by molar-refractivity contribution is -0.140. The van der Waals surface area contributed by atoms with E-state index in [4.69, 9.17) is 4.74 Å². The van der Waals surface area contributed by atoms with Crippen LogP contribution in [0, 0.1) is 5.41 Å². The number of aliphatic hydroxyl groups is 2. The van der Waals surface area contributed by atoms with Crippen LogP contribution < -0.4 is 42.5 Å². The van der Waals surface area contributed by atoms with Crippen molar-refractivity contribution in [3.05, 3.63) is 0 Å². The zero-order chi connectivity index (χ0) is 98.8. The van der Waals surface area contributed by atoms with Gasteiger partial charge in [0, 0.05) is 254 Å². The first-order chi connectivity index (χ1) is 63.5. The Morgan fingerprint density at radius 2 is 0.388 bits per heavy atom. The van der Waals surface area contributed by atoms with Crippen LogP contribution in [0.5, 0.6) is 0 Å². The van der Waals surface area contributed by atoms with Crippen molar-refractivity contribution in [2.45, 2.75) is 18.6 Å². The number of nitrogens with one attached hydrogen (secondary N) is 8. The summed E-state index contributed by atoms with van der Waals surface area (Å²) in [4.78, 5) is 256. The van der Waals surface area contributed by atoms with Crippen molar-refractivity contribution in [3.63, 3.8) is 0 Å². The monoisotopic (exact) mass is 1920 g/mol. The fourth-order valence-electron chi connectivity index (χ4n) is 15.1. The lowest BCUT2D eigenvalue weighted by Gasteiger charge is -2.35. The van der Waals surface area contributed by atoms with Crippen LogP contribution in [0.2, 0.25) is 0 Å². The Hall–Kier alpha value is -10.3. The number of amides is 7. The highest BCUT2D eigenvalue weighted by Gasteiger charge is 2.39. The van der Waals surface area contributed by atoms with Crippen molar-refractivity contribution >= 4 is 107 Å². The van der Waals surface area contributed by atoms with Crippen LogP contribution in [0.1, 0.15) is 0 Å². The summed E-state index contributed by atoms with van der Waals surface area (Å²) in [6.07, 6.45) is -3.14. The Morgan fingerprint density at radius 3 is 0.560 bits per heavy atom. The molecule has 5 rings (SSSR count). The summed E-state index contributed by atoms with van der Waals surface area (Å²) in [5.41, 5.74) is -1.82. The van der Waals surface area contributed by atoms with Crippen LogP contribution in [0.4, 0.5) is 0 Å². The summed E-state index contributed by atoms with van der Waals surface area (Å²) in [6, 6.07) is 0. The molecule has 3 unspecified atom stereocenters. The Kier molecular flexibility index (Phi) is 52.5. The Morgan fingerprint density at radius 1 is 0.231 bits per heavy atom. The van der Waals surface area contributed by atoms with Gasteiger partial charge in [-0.2, -0.15) is 0 Å². The lowest BCUT2D eigenvalue weighted by Crippen LogP contribution is -2.59. The molecular weight excluding hydrogens is 1780 g/mol. The zero-order valence-corrected chi connectivity index (χ0v) is 75.6. The number of aliphatic hydroxyl groups excluding tert-OH is 2. The molecule has 134 heavy (non-hydrogen) atoms. The van der Waals surface area contributed by atoms with Crippen LogP contribution in [0.3, 0.4) is 0 Å². The standard InChI is InChI=1S/C78H136N24O32/c103-58(33-79-62(107)38-88-3-1-87(37-57-77(133)134-57)2-11-92(42-66(111)112)19-20-93(12-4-88)43-67(113)114)83-53-78(54-84-59(104)34-80-63(108)39-89-5-13-94(44-68(115)116)21-27-100(50-74(127)128)28-22-95(14-6-89)45-69(117)118,55-85-60(105)35-81-64(109)40-90-7-15-96(46-70(119)120)23-29-101(51-75(129)130)30-24-97(16-8-90)47-71(121)122)56-86-61(106)36-82-65(110)41-91-9-17-98(48-72(123)124)25-31-102(52-76(131)132)32-26-99(18-10-91)49-73(125)126/h57,63,77,80,108,133H,1-56H2,(H,79,107)(H,81,109)(H,82,110)(H,83,103)(H,84,104)(H,85,105)(H,86,106)(H,111,112)(H,113,114)(H,115,116)(H,117,118)(H,119,120)(H,121,122)(H,123,124)(H,125,126)(H,127,128)(H,129,130)(H,131,132). The number of aliphatic carboxylic acids is 11. The SMILES string of the molecule is O=C(O)CN1CCN(CC(=O)O)CCN(CC(=O)NCC(=O)NCC(CNC(=O)CNC(=O)CN2CCN(CC(=O)O)CCN(CC(=O)O)CCN(CC(=O)O)CC2)(CNC(=O)CNC(=O)CN2CCN(CC(=O)O)CCN(CC(=O)O)CCN(CC3OC3O)CC2)CNC(=O)CNC(O)CN2CCN(CC(=O)O)CCN(CC(=O)O)CCN(CC(=O)O)CC2)CCN(CC(=O)O)CC1. The number of hydrogen-bond donors (Lipinski definition) is 21. The third-order valence-corrected chi connectivity index (χ3v) is 22.7. The third-order valence-electron chi connectivity index (χ3n) is 22.7. The zero-order valence-electron chi connectivity index (χ0n) is 75.6. The number of carboxylic acid groups (broad SMARTS) is 11. The molecule has 5 heterocycles. The summed E-state index contributed by atoms with van der Waals surface area (Å²) in [5.74, 6) is -18.9. The average Bonchev–Trinajstić information content (AvgIpc) is 1.68. The van der Waals surface area contributed by atoms with Crippen molar-refractivity contribution < 1.29 is 157 Å². The second-order valence-electron chi connectivity index (χ2n) is 33.7. The quantitative estimate of drug-likeness (QED) is 0.0199. The molecule has 56 nitrogen and oxygen atoms in total. The van der Waals surface area contributed by atoms with Crippen molar-refractivity contribution in [1.82, 2.24) is 121 Å². The molecule has 56 heteroatoms. The summed E-state index contributed by atoms with van der Waals surface area (Å²) in [6.45, 7) is -8.96. The van der Waals surface area contributed by atoms with Gasteiger partial charge in [-0.25, -0.2) is 0 Å². The Balaban J connectivity index is 1.48. The maximum Gasteiger partial charge on any atom is 0.317 e. The second-order valence-corrected chi connectivity index (χ2v) is 33.7. The molecule has 0 bridgehead atoms. The molecular formula is C78H136N24O32. The van der Waals surface area contributed by atoms with Gasteiger partial charge >= 0.3 is 65.7 Å². The van der Waals surface area contributed by atoms with Gasteiger partial charge in [0.25, 0.3) is 0 Å². The van der Waals surface area contributed by atoms with E-state index in [1.807, 2.05) is 4.90 Å². The van der Waals surface area contributed by atoms with Gasteiger partial charge in [0.2, 0.25) is 41.4 Å². The van der Waals surface area contributed by atoms with Gasteiger partial charge in [0.15, 0.2) is 6.29 Å². The van der Waals surface area contributed by atoms with Crippen molar-refractivity contribution in [1.29, 1.82) is 0 Å². The van der Waals surface area contributed by atoms with Crippen LogP contribution in [0.15, 0.2) is 0 Å². The van der Waals surface area contributed by atoms with Crippen LogP contribution in [-0.4, -0.2) is 637 Å². The fraction of sp³-hybridized carbons (Fsp3) is 0.769. The number of nitrogens with zero attached hydrogens (tertiary/aromatic N) is 16.